The zero-order valence-corrected chi connectivity index (χ0v) is 18.7. The minimum absolute atomic E-state index is 0.0998. The molecule has 0 radical (unpaired) electrons. The maximum absolute atomic E-state index is 13.4. The first kappa shape index (κ1) is 20.6. The topological polar surface area (TPSA) is 107 Å². The Hall–Kier alpha value is -2.98. The molecule has 0 spiro atoms. The van der Waals surface area contributed by atoms with Crippen LogP contribution in [0.5, 0.6) is 11.5 Å². The van der Waals surface area contributed by atoms with Crippen LogP contribution >= 0.6 is 0 Å². The van der Waals surface area contributed by atoms with E-state index < -0.39 is 0 Å². The minimum Gasteiger partial charge on any atom is -0.454 e. The van der Waals surface area contributed by atoms with Gasteiger partial charge in [0.25, 0.3) is 5.56 Å². The smallest absolute Gasteiger partial charge is 0.253 e. The van der Waals surface area contributed by atoms with Gasteiger partial charge in [0.15, 0.2) is 17.3 Å². The van der Waals surface area contributed by atoms with E-state index in [0.717, 1.165) is 49.9 Å². The molecule has 2 saturated heterocycles. The number of H-pyrrole nitrogens is 1. The number of nitrogens with one attached hydrogen (secondary N) is 1. The Bertz CT molecular complexity index is 1220. The van der Waals surface area contributed by atoms with E-state index in [1.807, 2.05) is 22.9 Å². The maximum atomic E-state index is 13.4. The lowest BCUT2D eigenvalue weighted by Crippen LogP contribution is -2.41. The summed E-state index contributed by atoms with van der Waals surface area (Å²) in [5.41, 5.74) is 1.22. The number of ether oxygens (including phenoxy) is 3. The lowest BCUT2D eigenvalue weighted by Gasteiger charge is -2.36. The molecule has 2 fully saturated rings. The first-order valence-corrected chi connectivity index (χ1v) is 11.7. The van der Waals surface area contributed by atoms with E-state index >= 15 is 0 Å². The molecule has 0 unspecified atom stereocenters. The molecule has 6 rings (SSSR count). The first-order chi connectivity index (χ1) is 16.2. The fourth-order valence-corrected chi connectivity index (χ4v) is 5.29. The molecule has 3 atom stereocenters. The molecule has 33 heavy (non-hydrogen) atoms. The molecule has 2 aromatic heterocycles. The molecule has 0 bridgehead atoms. The number of nitrogens with zero attached hydrogens (tertiary/aromatic N) is 5. The van der Waals surface area contributed by atoms with Gasteiger partial charge in [-0.2, -0.15) is 0 Å². The molecule has 10 heteroatoms. The van der Waals surface area contributed by atoms with Gasteiger partial charge in [0.05, 0.1) is 18.2 Å². The average molecular weight is 453 g/mol. The molecule has 3 aliphatic rings. The van der Waals surface area contributed by atoms with Crippen molar-refractivity contribution in [3.63, 3.8) is 0 Å². The van der Waals surface area contributed by atoms with Crippen LogP contribution in [0.1, 0.15) is 50.0 Å². The molecule has 0 aliphatic carbocycles. The summed E-state index contributed by atoms with van der Waals surface area (Å²) in [6.07, 6.45) is 4.41. The van der Waals surface area contributed by atoms with E-state index in [2.05, 4.69) is 32.3 Å². The normalized spacial score (nSPS) is 23.9. The van der Waals surface area contributed by atoms with E-state index in [0.29, 0.717) is 35.3 Å². The maximum Gasteiger partial charge on any atom is 0.253 e. The Morgan fingerprint density at radius 1 is 1.18 bits per heavy atom. The summed E-state index contributed by atoms with van der Waals surface area (Å²) < 4.78 is 18.7. The van der Waals surface area contributed by atoms with Crippen molar-refractivity contribution >= 4 is 10.9 Å². The molecule has 1 aromatic carbocycles. The van der Waals surface area contributed by atoms with Crippen LogP contribution in [0.15, 0.2) is 23.0 Å². The number of hydrogen-bond acceptors (Lipinski definition) is 8. The van der Waals surface area contributed by atoms with Gasteiger partial charge >= 0.3 is 0 Å². The second kappa shape index (κ2) is 8.42. The highest BCUT2D eigenvalue weighted by Crippen LogP contribution is 2.37. The van der Waals surface area contributed by atoms with Gasteiger partial charge in [-0.25, -0.2) is 4.68 Å². The fraction of sp³-hybridized carbons (Fsp3) is 0.565. The van der Waals surface area contributed by atoms with Crippen LogP contribution in [-0.4, -0.2) is 62.7 Å². The highest BCUT2D eigenvalue weighted by molar-refractivity contribution is 5.83. The third-order valence-electron chi connectivity index (χ3n) is 6.92. The summed E-state index contributed by atoms with van der Waals surface area (Å²) in [5, 5.41) is 13.6. The molecule has 174 valence electrons. The van der Waals surface area contributed by atoms with Crippen LogP contribution < -0.4 is 15.0 Å². The summed E-state index contributed by atoms with van der Waals surface area (Å²) in [6.45, 7) is 5.58. The van der Waals surface area contributed by atoms with E-state index in [4.69, 9.17) is 14.2 Å². The number of likely N-dealkylation sites (tertiary alicyclic amines) is 1. The SMILES string of the molecule is C[C@@H]1CCCN([C@H](c2cc3cc4c(cc3[nH]c2=O)OCO4)c2nnnn2C[C@H]2CCCO2)C1. The van der Waals surface area contributed by atoms with Crippen molar-refractivity contribution in [1.82, 2.24) is 30.1 Å². The van der Waals surface area contributed by atoms with E-state index in [1.54, 1.807) is 0 Å². The molecule has 10 nitrogen and oxygen atoms in total. The van der Waals surface area contributed by atoms with Crippen LogP contribution in [0.2, 0.25) is 0 Å². The number of aromatic amines is 1. The zero-order chi connectivity index (χ0) is 22.4. The Morgan fingerprint density at radius 2 is 2.06 bits per heavy atom. The highest BCUT2D eigenvalue weighted by atomic mass is 16.7. The monoisotopic (exact) mass is 452 g/mol. The van der Waals surface area contributed by atoms with Gasteiger partial charge in [-0.15, -0.1) is 5.10 Å². The van der Waals surface area contributed by atoms with Crippen LogP contribution in [0.3, 0.4) is 0 Å². The Labute approximate surface area is 190 Å². The number of benzene rings is 1. The Kier molecular flexibility index (Phi) is 5.26. The number of hydrogen-bond donors (Lipinski definition) is 1. The van der Waals surface area contributed by atoms with E-state index in [9.17, 15) is 4.79 Å². The third kappa shape index (κ3) is 3.87. The van der Waals surface area contributed by atoms with Gasteiger partial charge in [0, 0.05) is 30.2 Å². The number of tetrazole rings is 1. The fourth-order valence-electron chi connectivity index (χ4n) is 5.29. The Morgan fingerprint density at radius 3 is 2.88 bits per heavy atom. The molecule has 5 heterocycles. The summed E-state index contributed by atoms with van der Waals surface area (Å²) in [7, 11) is 0. The molecular formula is C23H28N6O4. The van der Waals surface area contributed by atoms with Gasteiger partial charge in [0.2, 0.25) is 6.79 Å². The molecule has 0 amide bonds. The molecular weight excluding hydrogens is 424 g/mol. The first-order valence-electron chi connectivity index (χ1n) is 11.7. The number of fused-ring (bicyclic) bond motifs is 2. The number of rotatable bonds is 5. The van der Waals surface area contributed by atoms with Crippen LogP contribution in [0.4, 0.5) is 0 Å². The standard InChI is InChI=1S/C23H28N6O4/c1-14-4-2-6-28(11-14)21(22-25-26-27-29(22)12-16-5-3-7-31-16)17-8-15-9-19-20(33-13-32-19)10-18(15)24-23(17)30/h8-10,14,16,21H,2-7,11-13H2,1H3,(H,24,30)/t14-,16-,21-/m1/s1. The van der Waals surface area contributed by atoms with Crippen molar-refractivity contribution in [2.75, 3.05) is 26.5 Å². The van der Waals surface area contributed by atoms with Crippen molar-refractivity contribution in [3.8, 4) is 11.5 Å². The third-order valence-corrected chi connectivity index (χ3v) is 6.92. The summed E-state index contributed by atoms with van der Waals surface area (Å²) in [6, 6.07) is 5.35. The second-order valence-electron chi connectivity index (χ2n) is 9.35. The molecule has 0 saturated carbocycles. The quantitative estimate of drug-likeness (QED) is 0.628. The summed E-state index contributed by atoms with van der Waals surface area (Å²) in [4.78, 5) is 18.8. The van der Waals surface area contributed by atoms with Gasteiger partial charge in [-0.1, -0.05) is 6.92 Å². The summed E-state index contributed by atoms with van der Waals surface area (Å²) in [5.74, 6) is 2.56. The molecule has 3 aliphatic heterocycles. The van der Waals surface area contributed by atoms with Crippen LogP contribution in [0.25, 0.3) is 10.9 Å². The Balaban J connectivity index is 1.45. The van der Waals surface area contributed by atoms with Crippen molar-refractivity contribution in [3.05, 3.63) is 39.9 Å². The van der Waals surface area contributed by atoms with Crippen molar-refractivity contribution < 1.29 is 14.2 Å². The zero-order valence-electron chi connectivity index (χ0n) is 18.7. The van der Waals surface area contributed by atoms with E-state index in [1.165, 1.54) is 6.42 Å². The van der Waals surface area contributed by atoms with Crippen LogP contribution in [-0.2, 0) is 11.3 Å². The van der Waals surface area contributed by atoms with Crippen molar-refractivity contribution in [2.45, 2.75) is 51.3 Å². The number of piperidine rings is 1. The predicted octanol–water partition coefficient (Wildman–Crippen LogP) is 2.24. The van der Waals surface area contributed by atoms with Gasteiger partial charge < -0.3 is 19.2 Å². The van der Waals surface area contributed by atoms with Gasteiger partial charge in [-0.3, -0.25) is 9.69 Å². The lowest BCUT2D eigenvalue weighted by molar-refractivity contribution is 0.0889. The number of pyridine rings is 1. The average Bonchev–Trinajstić information content (AvgIpc) is 3.56. The van der Waals surface area contributed by atoms with Crippen LogP contribution in [0, 0.1) is 5.92 Å². The predicted molar refractivity (Wildman–Crippen MR) is 119 cm³/mol. The second-order valence-corrected chi connectivity index (χ2v) is 9.35. The van der Waals surface area contributed by atoms with Gasteiger partial charge in [0.1, 0.15) is 6.04 Å². The van der Waals surface area contributed by atoms with Crippen molar-refractivity contribution in [2.24, 2.45) is 5.92 Å². The molecule has 1 N–H and O–H groups in total. The largest absolute Gasteiger partial charge is 0.454 e. The molecule has 3 aromatic rings. The summed E-state index contributed by atoms with van der Waals surface area (Å²) >= 11 is 0. The van der Waals surface area contributed by atoms with Gasteiger partial charge in [-0.05, 0) is 60.7 Å². The van der Waals surface area contributed by atoms with Crippen molar-refractivity contribution in [1.29, 1.82) is 0 Å². The van der Waals surface area contributed by atoms with E-state index in [-0.39, 0.29) is 24.5 Å². The lowest BCUT2D eigenvalue weighted by atomic mass is 9.95. The number of aromatic nitrogens is 5. The highest BCUT2D eigenvalue weighted by Gasteiger charge is 2.33. The minimum atomic E-state index is -0.345.